The number of carbonyl (C=O) groups is 2. The van der Waals surface area contributed by atoms with Crippen molar-refractivity contribution in [3.8, 4) is 11.5 Å². The van der Waals surface area contributed by atoms with Gasteiger partial charge in [-0.1, -0.05) is 0 Å². The Morgan fingerprint density at radius 3 is 2.44 bits per heavy atom. The summed E-state index contributed by atoms with van der Waals surface area (Å²) in [5, 5.41) is 0. The third kappa shape index (κ3) is 3.49. The molecule has 25 heavy (non-hydrogen) atoms. The van der Waals surface area contributed by atoms with Gasteiger partial charge in [-0.05, 0) is 31.2 Å². The van der Waals surface area contributed by atoms with E-state index in [9.17, 15) is 18.4 Å². The van der Waals surface area contributed by atoms with Gasteiger partial charge in [-0.25, -0.2) is 0 Å². The van der Waals surface area contributed by atoms with Gasteiger partial charge < -0.3 is 14.4 Å². The van der Waals surface area contributed by atoms with Crippen LogP contribution in [0.15, 0.2) is 28.8 Å². The van der Waals surface area contributed by atoms with Gasteiger partial charge in [0, 0.05) is 26.2 Å². The number of alkyl halides is 2. The highest BCUT2D eigenvalue weighted by atomic mass is 32.2. The number of nitrogens with zero attached hydrogens (tertiary/aromatic N) is 1. The summed E-state index contributed by atoms with van der Waals surface area (Å²) in [6, 6.07) is 2.90. The van der Waals surface area contributed by atoms with E-state index in [0.717, 1.165) is 12.8 Å². The molecule has 0 bridgehead atoms. The first kappa shape index (κ1) is 17.7. The topological polar surface area (TPSA) is 55.8 Å². The molecule has 1 aliphatic heterocycles. The van der Waals surface area contributed by atoms with E-state index in [1.165, 1.54) is 30.1 Å². The molecule has 8 heteroatoms. The molecule has 1 heterocycles. The number of allylic oxidation sites excluding steroid dienone is 1. The van der Waals surface area contributed by atoms with Gasteiger partial charge in [0.05, 0.1) is 16.0 Å². The van der Waals surface area contributed by atoms with Crippen LogP contribution in [0.4, 0.5) is 8.78 Å². The van der Waals surface area contributed by atoms with E-state index in [4.69, 9.17) is 0 Å². The maximum atomic E-state index is 13.5. The Morgan fingerprint density at radius 2 is 1.88 bits per heavy atom. The van der Waals surface area contributed by atoms with Crippen LogP contribution in [-0.2, 0) is 4.79 Å². The summed E-state index contributed by atoms with van der Waals surface area (Å²) in [6.45, 7) is 0. The highest BCUT2D eigenvalue weighted by molar-refractivity contribution is 7.98. The molecule has 1 fully saturated rings. The van der Waals surface area contributed by atoms with Crippen molar-refractivity contribution in [2.24, 2.45) is 5.92 Å². The monoisotopic (exact) mass is 369 g/mol. The Labute approximate surface area is 148 Å². The predicted molar refractivity (Wildman–Crippen MR) is 88.3 cm³/mol. The molecule has 1 aromatic rings. The Hall–Kier alpha value is -2.09. The summed E-state index contributed by atoms with van der Waals surface area (Å²) in [6.07, 6.45) is 0.752. The summed E-state index contributed by atoms with van der Waals surface area (Å²) in [4.78, 5) is 27.4. The van der Waals surface area contributed by atoms with Crippen LogP contribution in [0.1, 0.15) is 23.2 Å². The minimum atomic E-state index is -3.84. The molecule has 0 N–H and O–H groups in total. The molecule has 0 aromatic heterocycles. The maximum Gasteiger partial charge on any atom is 0.586 e. The zero-order chi connectivity index (χ0) is 18.4. The third-order valence-electron chi connectivity index (χ3n) is 3.83. The molecule has 0 radical (unpaired) electrons. The van der Waals surface area contributed by atoms with Crippen molar-refractivity contribution in [3.05, 3.63) is 29.5 Å². The summed E-state index contributed by atoms with van der Waals surface area (Å²) in [7, 11) is 3.37. The summed E-state index contributed by atoms with van der Waals surface area (Å²) in [5.41, 5.74) is -0.141. The number of halogens is 2. The number of Topliss-reactive ketones (excluding diaryl/α,β-unsaturated/α-hetero) is 2. The molecule has 134 valence electrons. The van der Waals surface area contributed by atoms with Gasteiger partial charge in [-0.2, -0.15) is 0 Å². The lowest BCUT2D eigenvalue weighted by Crippen LogP contribution is -2.26. The Kier molecular flexibility index (Phi) is 4.49. The van der Waals surface area contributed by atoms with E-state index in [-0.39, 0.29) is 34.3 Å². The van der Waals surface area contributed by atoms with Crippen LogP contribution in [0.5, 0.6) is 11.5 Å². The average Bonchev–Trinajstić information content (AvgIpc) is 3.32. The first-order valence-electron chi connectivity index (χ1n) is 7.67. The second-order valence-corrected chi connectivity index (χ2v) is 6.96. The Morgan fingerprint density at radius 1 is 1.24 bits per heavy atom. The molecule has 1 saturated carbocycles. The second-order valence-electron chi connectivity index (χ2n) is 6.12. The molecule has 2 aliphatic rings. The first-order valence-corrected chi connectivity index (χ1v) is 8.90. The number of fused-ring (bicyclic) bond motifs is 1. The van der Waals surface area contributed by atoms with Crippen LogP contribution >= 0.6 is 11.8 Å². The molecule has 5 nitrogen and oxygen atoms in total. The number of hydrogen-bond donors (Lipinski definition) is 0. The fourth-order valence-electron chi connectivity index (χ4n) is 2.54. The number of ketones is 2. The number of ether oxygens (including phenoxy) is 2. The largest absolute Gasteiger partial charge is 0.586 e. The van der Waals surface area contributed by atoms with Gasteiger partial charge in [-0.15, -0.1) is 20.5 Å². The quantitative estimate of drug-likeness (QED) is 0.252. The van der Waals surface area contributed by atoms with Crippen molar-refractivity contribution in [2.75, 3.05) is 20.4 Å². The van der Waals surface area contributed by atoms with Gasteiger partial charge >= 0.3 is 6.29 Å². The van der Waals surface area contributed by atoms with Crippen LogP contribution in [0, 0.1) is 5.92 Å². The minimum absolute atomic E-state index is 0.0367. The summed E-state index contributed by atoms with van der Waals surface area (Å²) < 4.78 is 36.2. The number of rotatable bonds is 6. The van der Waals surface area contributed by atoms with Crippen LogP contribution in [0.3, 0.4) is 0 Å². The van der Waals surface area contributed by atoms with Crippen molar-refractivity contribution < 1.29 is 27.8 Å². The van der Waals surface area contributed by atoms with Crippen LogP contribution in [0.2, 0.25) is 0 Å². The molecule has 0 saturated heterocycles. The van der Waals surface area contributed by atoms with E-state index in [1.807, 2.05) is 0 Å². The standard InChI is InChI=1S/C17H17F2NO4S/c1-20(2)8-11(13(21)9-4-5-9)14(22)10-6-7-12(25-3)16-15(10)23-17(18,19)24-16/h6-9H,4-5H2,1-3H3. The van der Waals surface area contributed by atoms with Crippen molar-refractivity contribution in [1.29, 1.82) is 0 Å². The summed E-state index contributed by atoms with van der Waals surface area (Å²) >= 11 is 1.20. The molecule has 0 spiro atoms. The number of hydrogen-bond acceptors (Lipinski definition) is 6. The lowest BCUT2D eigenvalue weighted by Gasteiger charge is -2.12. The average molecular weight is 369 g/mol. The zero-order valence-electron chi connectivity index (χ0n) is 14.0. The molecule has 1 aliphatic carbocycles. The van der Waals surface area contributed by atoms with Crippen LogP contribution in [0.25, 0.3) is 0 Å². The fraction of sp³-hybridized carbons (Fsp3) is 0.412. The lowest BCUT2D eigenvalue weighted by molar-refractivity contribution is -0.287. The van der Waals surface area contributed by atoms with Crippen molar-refractivity contribution in [1.82, 2.24) is 4.90 Å². The van der Waals surface area contributed by atoms with E-state index in [2.05, 4.69) is 9.47 Å². The Bertz CT molecular complexity index is 772. The van der Waals surface area contributed by atoms with Crippen LogP contribution < -0.4 is 9.47 Å². The molecule has 0 atom stereocenters. The van der Waals surface area contributed by atoms with Gasteiger partial charge in [0.15, 0.2) is 17.3 Å². The second kappa shape index (κ2) is 6.33. The number of benzene rings is 1. The lowest BCUT2D eigenvalue weighted by atomic mass is 9.97. The zero-order valence-corrected chi connectivity index (χ0v) is 14.8. The first-order chi connectivity index (χ1) is 11.7. The molecule has 3 rings (SSSR count). The molecule has 0 amide bonds. The van der Waals surface area contributed by atoms with Gasteiger partial charge in [0.25, 0.3) is 0 Å². The Balaban J connectivity index is 2.05. The normalized spacial score (nSPS) is 18.2. The molecule has 0 unspecified atom stereocenters. The minimum Gasteiger partial charge on any atom is -0.394 e. The molecule has 1 aromatic carbocycles. The van der Waals surface area contributed by atoms with Gasteiger partial charge in [-0.3, -0.25) is 9.59 Å². The SMILES string of the molecule is CSc1ccc(C(=O)C(=CN(C)C)C(=O)C2CC2)c2c1OC(F)(F)O2. The number of thioether (sulfide) groups is 1. The van der Waals surface area contributed by atoms with E-state index in [1.54, 1.807) is 25.3 Å². The van der Waals surface area contributed by atoms with E-state index >= 15 is 0 Å². The van der Waals surface area contributed by atoms with Gasteiger partial charge in [0.2, 0.25) is 5.78 Å². The smallest absolute Gasteiger partial charge is 0.394 e. The highest BCUT2D eigenvalue weighted by Gasteiger charge is 2.47. The molecular weight excluding hydrogens is 352 g/mol. The molecular formula is C17H17F2NO4S. The van der Waals surface area contributed by atoms with Crippen molar-refractivity contribution in [3.63, 3.8) is 0 Å². The predicted octanol–water partition coefficient (Wildman–Crippen LogP) is 3.34. The van der Waals surface area contributed by atoms with Crippen LogP contribution in [-0.4, -0.2) is 43.1 Å². The van der Waals surface area contributed by atoms with Crippen molar-refractivity contribution in [2.45, 2.75) is 24.0 Å². The van der Waals surface area contributed by atoms with E-state index < -0.39 is 12.1 Å². The third-order valence-corrected chi connectivity index (χ3v) is 4.59. The maximum absolute atomic E-state index is 13.5. The highest BCUT2D eigenvalue weighted by Crippen LogP contribution is 2.49. The van der Waals surface area contributed by atoms with Crippen molar-refractivity contribution >= 4 is 23.3 Å². The summed E-state index contributed by atoms with van der Waals surface area (Å²) in [5.74, 6) is -1.59. The van der Waals surface area contributed by atoms with E-state index in [0.29, 0.717) is 4.90 Å². The number of carbonyl (C=O) groups excluding carboxylic acids is 2. The van der Waals surface area contributed by atoms with Gasteiger partial charge in [0.1, 0.15) is 0 Å². The fourth-order valence-corrected chi connectivity index (χ4v) is 3.07.